The molecule has 0 saturated heterocycles. The second-order valence-corrected chi connectivity index (χ2v) is 4.49. The maximum absolute atomic E-state index is 11.2. The van der Waals surface area contributed by atoms with Gasteiger partial charge in [0, 0.05) is 12.2 Å². The summed E-state index contributed by atoms with van der Waals surface area (Å²) in [4.78, 5) is 15.3. The van der Waals surface area contributed by atoms with Gasteiger partial charge in [-0.15, -0.1) is 0 Å². The van der Waals surface area contributed by atoms with Crippen LogP contribution >= 0.6 is 0 Å². The van der Waals surface area contributed by atoms with Gasteiger partial charge in [0.1, 0.15) is 11.9 Å². The van der Waals surface area contributed by atoms with Gasteiger partial charge in [-0.3, -0.25) is 4.79 Å². The van der Waals surface area contributed by atoms with Crippen molar-refractivity contribution in [1.82, 2.24) is 4.98 Å². The predicted molar refractivity (Wildman–Crippen MR) is 66.0 cm³/mol. The van der Waals surface area contributed by atoms with E-state index < -0.39 is 11.9 Å². The van der Waals surface area contributed by atoms with E-state index in [1.54, 1.807) is 18.3 Å². The Balaban J connectivity index is 2.16. The predicted octanol–water partition coefficient (Wildman–Crippen LogP) is 2.01. The molecule has 1 aliphatic carbocycles. The number of carbonyl (C=O) groups is 1. The van der Waals surface area contributed by atoms with Crippen LogP contribution in [-0.2, 0) is 4.79 Å². The summed E-state index contributed by atoms with van der Waals surface area (Å²) in [5.74, 6) is -0.688. The van der Waals surface area contributed by atoms with Gasteiger partial charge in [0.15, 0.2) is 0 Å². The summed E-state index contributed by atoms with van der Waals surface area (Å²) in [6, 6.07) is 5.28. The van der Waals surface area contributed by atoms with Gasteiger partial charge in [0.2, 0.25) is 0 Å². The number of anilines is 1. The molecule has 1 aromatic heterocycles. The Morgan fingerprint density at radius 1 is 1.50 bits per heavy atom. The lowest BCUT2D eigenvalue weighted by atomic mass is 9.84. The normalized spacial score (nSPS) is 23.1. The number of rotatable bonds is 3. The Labute approximate surface area is 105 Å². The third-order valence-corrected chi connectivity index (χ3v) is 3.33. The van der Waals surface area contributed by atoms with Gasteiger partial charge in [-0.2, -0.15) is 5.26 Å². The van der Waals surface area contributed by atoms with Gasteiger partial charge >= 0.3 is 5.97 Å². The zero-order chi connectivity index (χ0) is 13.0. The van der Waals surface area contributed by atoms with Crippen LogP contribution in [0.4, 0.5) is 5.82 Å². The maximum Gasteiger partial charge on any atom is 0.308 e. The summed E-state index contributed by atoms with van der Waals surface area (Å²) in [5, 5.41) is 21.3. The highest BCUT2D eigenvalue weighted by Gasteiger charge is 2.31. The summed E-state index contributed by atoms with van der Waals surface area (Å²) >= 11 is 0. The van der Waals surface area contributed by atoms with E-state index in [0.717, 1.165) is 19.3 Å². The summed E-state index contributed by atoms with van der Waals surface area (Å²) in [7, 11) is 0. The Hall–Kier alpha value is -2.09. The molecule has 2 rings (SSSR count). The molecule has 1 saturated carbocycles. The number of pyridine rings is 1. The highest BCUT2D eigenvalue weighted by molar-refractivity contribution is 5.72. The monoisotopic (exact) mass is 245 g/mol. The van der Waals surface area contributed by atoms with E-state index in [9.17, 15) is 9.90 Å². The second-order valence-electron chi connectivity index (χ2n) is 4.49. The number of aliphatic carboxylic acids is 1. The summed E-state index contributed by atoms with van der Waals surface area (Å²) in [6.07, 6.45) is 5.04. The molecular formula is C13H15N3O2. The van der Waals surface area contributed by atoms with Crippen LogP contribution in [0, 0.1) is 17.2 Å². The Morgan fingerprint density at radius 3 is 3.00 bits per heavy atom. The first-order valence-electron chi connectivity index (χ1n) is 6.07. The fraction of sp³-hybridized carbons (Fsp3) is 0.462. The maximum atomic E-state index is 11.2. The van der Waals surface area contributed by atoms with Crippen molar-refractivity contribution in [3.8, 4) is 6.07 Å². The minimum Gasteiger partial charge on any atom is -0.481 e. The molecule has 18 heavy (non-hydrogen) atoms. The quantitative estimate of drug-likeness (QED) is 0.850. The lowest BCUT2D eigenvalue weighted by Gasteiger charge is -2.29. The Kier molecular flexibility index (Phi) is 3.78. The van der Waals surface area contributed by atoms with Crippen LogP contribution < -0.4 is 5.32 Å². The highest BCUT2D eigenvalue weighted by Crippen LogP contribution is 2.27. The zero-order valence-electron chi connectivity index (χ0n) is 9.97. The molecule has 1 aliphatic rings. The smallest absolute Gasteiger partial charge is 0.308 e. The molecule has 2 unspecified atom stereocenters. The minimum atomic E-state index is -0.776. The molecule has 0 aromatic carbocycles. The summed E-state index contributed by atoms with van der Waals surface area (Å²) in [6.45, 7) is 0. The number of carboxylic acids is 1. The molecule has 1 fully saturated rings. The van der Waals surface area contributed by atoms with Gasteiger partial charge < -0.3 is 10.4 Å². The molecule has 1 heterocycles. The molecule has 94 valence electrons. The third-order valence-electron chi connectivity index (χ3n) is 3.33. The van der Waals surface area contributed by atoms with E-state index in [4.69, 9.17) is 5.26 Å². The molecule has 0 bridgehead atoms. The van der Waals surface area contributed by atoms with Crippen molar-refractivity contribution in [1.29, 1.82) is 5.26 Å². The average Bonchev–Trinajstić information content (AvgIpc) is 2.40. The number of nitriles is 1. The van der Waals surface area contributed by atoms with Crippen LogP contribution in [-0.4, -0.2) is 22.1 Å². The molecule has 0 amide bonds. The van der Waals surface area contributed by atoms with Crippen LogP contribution in [0.2, 0.25) is 0 Å². The van der Waals surface area contributed by atoms with Gasteiger partial charge in [-0.25, -0.2) is 4.98 Å². The fourth-order valence-corrected chi connectivity index (χ4v) is 2.39. The third kappa shape index (κ3) is 2.59. The van der Waals surface area contributed by atoms with E-state index in [2.05, 4.69) is 16.4 Å². The minimum absolute atomic E-state index is 0.141. The molecule has 0 radical (unpaired) electrons. The van der Waals surface area contributed by atoms with Crippen LogP contribution in [0.5, 0.6) is 0 Å². The topological polar surface area (TPSA) is 86.0 Å². The Bertz CT molecular complexity index is 481. The number of nitrogens with one attached hydrogen (secondary N) is 1. The van der Waals surface area contributed by atoms with E-state index in [0.29, 0.717) is 17.8 Å². The van der Waals surface area contributed by atoms with Crippen LogP contribution in [0.1, 0.15) is 31.2 Å². The lowest BCUT2D eigenvalue weighted by molar-refractivity contribution is -0.143. The van der Waals surface area contributed by atoms with E-state index in [1.807, 2.05) is 0 Å². The standard InChI is InChI=1S/C13H15N3O2/c14-8-9-4-3-7-15-12(9)16-11-6-2-1-5-10(11)13(17)18/h3-4,7,10-11H,1-2,5-6H2,(H,15,16)(H,17,18). The van der Waals surface area contributed by atoms with E-state index in [1.165, 1.54) is 0 Å². The van der Waals surface area contributed by atoms with Crippen molar-refractivity contribution in [2.75, 3.05) is 5.32 Å². The van der Waals surface area contributed by atoms with E-state index >= 15 is 0 Å². The van der Waals surface area contributed by atoms with Gasteiger partial charge in [0.25, 0.3) is 0 Å². The number of hydrogen-bond donors (Lipinski definition) is 2. The summed E-state index contributed by atoms with van der Waals surface area (Å²) < 4.78 is 0. The van der Waals surface area contributed by atoms with E-state index in [-0.39, 0.29) is 6.04 Å². The van der Waals surface area contributed by atoms with Crippen LogP contribution in [0.25, 0.3) is 0 Å². The van der Waals surface area contributed by atoms with Crippen molar-refractivity contribution < 1.29 is 9.90 Å². The first-order chi connectivity index (χ1) is 8.72. The first-order valence-corrected chi connectivity index (χ1v) is 6.07. The molecule has 0 aliphatic heterocycles. The average molecular weight is 245 g/mol. The number of carboxylic acid groups (broad SMARTS) is 1. The van der Waals surface area contributed by atoms with Crippen molar-refractivity contribution in [2.45, 2.75) is 31.7 Å². The molecule has 1 aromatic rings. The number of aromatic nitrogens is 1. The van der Waals surface area contributed by atoms with Crippen molar-refractivity contribution in [2.24, 2.45) is 5.92 Å². The molecule has 2 atom stereocenters. The van der Waals surface area contributed by atoms with Gasteiger partial charge in [0.05, 0.1) is 11.5 Å². The number of nitrogens with zero attached hydrogens (tertiary/aromatic N) is 2. The molecule has 2 N–H and O–H groups in total. The zero-order valence-corrected chi connectivity index (χ0v) is 9.97. The highest BCUT2D eigenvalue weighted by atomic mass is 16.4. The molecule has 5 heteroatoms. The largest absolute Gasteiger partial charge is 0.481 e. The SMILES string of the molecule is N#Cc1cccnc1NC1CCCCC1C(=O)O. The molecule has 0 spiro atoms. The number of hydrogen-bond acceptors (Lipinski definition) is 4. The van der Waals surface area contributed by atoms with Gasteiger partial charge in [-0.05, 0) is 25.0 Å². The van der Waals surface area contributed by atoms with Crippen molar-refractivity contribution in [3.05, 3.63) is 23.9 Å². The molecule has 5 nitrogen and oxygen atoms in total. The molecular weight excluding hydrogens is 230 g/mol. The van der Waals surface area contributed by atoms with Crippen molar-refractivity contribution in [3.63, 3.8) is 0 Å². The van der Waals surface area contributed by atoms with Gasteiger partial charge in [-0.1, -0.05) is 12.8 Å². The second kappa shape index (κ2) is 5.50. The lowest BCUT2D eigenvalue weighted by Crippen LogP contribution is -2.37. The summed E-state index contributed by atoms with van der Waals surface area (Å²) in [5.41, 5.74) is 0.451. The van der Waals surface area contributed by atoms with Crippen LogP contribution in [0.3, 0.4) is 0 Å². The Morgan fingerprint density at radius 2 is 2.28 bits per heavy atom. The van der Waals surface area contributed by atoms with Crippen LogP contribution in [0.15, 0.2) is 18.3 Å². The first kappa shape index (κ1) is 12.4. The fourth-order valence-electron chi connectivity index (χ4n) is 2.39. The van der Waals surface area contributed by atoms with Crippen molar-refractivity contribution >= 4 is 11.8 Å².